The Morgan fingerprint density at radius 2 is 1.27 bits per heavy atom. The van der Waals surface area contributed by atoms with E-state index in [1.807, 2.05) is 52.0 Å². The Kier molecular flexibility index (Phi) is 9.33. The largest absolute Gasteiger partial charge is 0.394 e. The Morgan fingerprint density at radius 1 is 0.767 bits per heavy atom. The second-order valence-electron chi connectivity index (χ2n) is 7.88. The molecule has 0 aromatic carbocycles. The van der Waals surface area contributed by atoms with Gasteiger partial charge in [-0.3, -0.25) is 9.97 Å². The first kappa shape index (κ1) is 24.4. The molecule has 2 aromatic heterocycles. The Balaban J connectivity index is 2.00. The van der Waals surface area contributed by atoms with E-state index in [0.29, 0.717) is 33.0 Å². The molecule has 0 bridgehead atoms. The molecule has 0 saturated heterocycles. The minimum absolute atomic E-state index is 0.0230. The van der Waals surface area contributed by atoms with Gasteiger partial charge < -0.3 is 24.1 Å². The molecule has 2 heterocycles. The van der Waals surface area contributed by atoms with Crippen molar-refractivity contribution in [2.24, 2.45) is 0 Å². The second kappa shape index (κ2) is 11.5. The van der Waals surface area contributed by atoms with Gasteiger partial charge in [0.15, 0.2) is 0 Å². The van der Waals surface area contributed by atoms with Crippen molar-refractivity contribution in [3.63, 3.8) is 0 Å². The van der Waals surface area contributed by atoms with Gasteiger partial charge in [0.1, 0.15) is 0 Å². The lowest BCUT2D eigenvalue weighted by molar-refractivity contribution is -0.0563. The molecule has 7 nitrogen and oxygen atoms in total. The van der Waals surface area contributed by atoms with Gasteiger partial charge in [0.05, 0.1) is 62.2 Å². The van der Waals surface area contributed by atoms with E-state index in [9.17, 15) is 0 Å². The highest BCUT2D eigenvalue weighted by Gasteiger charge is 2.23. The highest BCUT2D eigenvalue weighted by molar-refractivity contribution is 5.56. The van der Waals surface area contributed by atoms with Crippen LogP contribution < -0.4 is 0 Å². The van der Waals surface area contributed by atoms with E-state index in [4.69, 9.17) is 24.1 Å². The molecule has 2 aromatic rings. The third-order valence-corrected chi connectivity index (χ3v) is 4.98. The Hall–Kier alpha value is -1.90. The summed E-state index contributed by atoms with van der Waals surface area (Å²) in [6, 6.07) is 7.93. The number of pyridine rings is 2. The molecule has 0 aliphatic rings. The van der Waals surface area contributed by atoms with Gasteiger partial charge in [0, 0.05) is 19.5 Å². The van der Waals surface area contributed by atoms with Crippen molar-refractivity contribution < 1.29 is 24.1 Å². The predicted octanol–water partition coefficient (Wildman–Crippen LogP) is 3.30. The van der Waals surface area contributed by atoms with Crippen LogP contribution >= 0.6 is 0 Å². The van der Waals surface area contributed by atoms with Gasteiger partial charge in [-0.1, -0.05) is 0 Å². The maximum absolute atomic E-state index is 8.66. The van der Waals surface area contributed by atoms with Crippen LogP contribution in [0.1, 0.15) is 38.8 Å². The Labute approximate surface area is 179 Å². The standard InChI is InChI=1S/C23H34N2O5/c1-22(2,27-5)18-6-8-24-20(16-18)21-17-19(7-9-25-21)23(3,4)30-15-14-29-13-12-28-11-10-26/h6-9,16-17,26H,10-15H2,1-5H3. The van der Waals surface area contributed by atoms with Crippen molar-refractivity contribution in [1.29, 1.82) is 0 Å². The summed E-state index contributed by atoms with van der Waals surface area (Å²) in [7, 11) is 1.70. The van der Waals surface area contributed by atoms with Crippen LogP contribution in [0.3, 0.4) is 0 Å². The average Bonchev–Trinajstić information content (AvgIpc) is 2.76. The number of ether oxygens (including phenoxy) is 4. The smallest absolute Gasteiger partial charge is 0.0890 e. The molecule has 1 N–H and O–H groups in total. The number of rotatable bonds is 13. The van der Waals surface area contributed by atoms with Crippen molar-refractivity contribution in [1.82, 2.24) is 9.97 Å². The lowest BCUT2D eigenvalue weighted by Crippen LogP contribution is -2.24. The maximum Gasteiger partial charge on any atom is 0.0890 e. The van der Waals surface area contributed by atoms with Crippen molar-refractivity contribution >= 4 is 0 Å². The molecule has 0 unspecified atom stereocenters. The van der Waals surface area contributed by atoms with Crippen molar-refractivity contribution in [3.05, 3.63) is 47.8 Å². The van der Waals surface area contributed by atoms with Crippen LogP contribution in [0, 0.1) is 0 Å². The van der Waals surface area contributed by atoms with Crippen LogP contribution in [0.5, 0.6) is 0 Å². The molecule has 166 valence electrons. The number of methoxy groups -OCH3 is 1. The molecule has 30 heavy (non-hydrogen) atoms. The normalized spacial score (nSPS) is 12.3. The van der Waals surface area contributed by atoms with Crippen LogP contribution in [0.25, 0.3) is 11.4 Å². The fraction of sp³-hybridized carbons (Fsp3) is 0.565. The lowest BCUT2D eigenvalue weighted by Gasteiger charge is -2.26. The molecule has 0 atom stereocenters. The Bertz CT molecular complexity index is 780. The molecule has 2 rings (SSSR count). The van der Waals surface area contributed by atoms with Crippen LogP contribution in [-0.4, -0.2) is 61.8 Å². The molecule has 0 radical (unpaired) electrons. The minimum Gasteiger partial charge on any atom is -0.394 e. The number of nitrogens with zero attached hydrogens (tertiary/aromatic N) is 2. The first-order chi connectivity index (χ1) is 14.3. The first-order valence-corrected chi connectivity index (χ1v) is 10.2. The number of aliphatic hydroxyl groups is 1. The molecule has 0 aliphatic carbocycles. The number of hydrogen-bond donors (Lipinski definition) is 1. The van der Waals surface area contributed by atoms with Crippen LogP contribution in [0.4, 0.5) is 0 Å². The van der Waals surface area contributed by atoms with E-state index >= 15 is 0 Å². The van der Waals surface area contributed by atoms with E-state index in [1.165, 1.54) is 0 Å². The summed E-state index contributed by atoms with van der Waals surface area (Å²) in [6.45, 7) is 10.3. The van der Waals surface area contributed by atoms with Crippen LogP contribution in [-0.2, 0) is 30.1 Å². The Morgan fingerprint density at radius 3 is 1.80 bits per heavy atom. The summed E-state index contributed by atoms with van der Waals surface area (Å²) in [6.07, 6.45) is 3.56. The maximum atomic E-state index is 8.66. The van der Waals surface area contributed by atoms with E-state index < -0.39 is 11.2 Å². The van der Waals surface area contributed by atoms with E-state index in [0.717, 1.165) is 22.5 Å². The first-order valence-electron chi connectivity index (χ1n) is 10.2. The highest BCUT2D eigenvalue weighted by Crippen LogP contribution is 2.29. The summed E-state index contributed by atoms with van der Waals surface area (Å²) in [5.41, 5.74) is 2.73. The SMILES string of the molecule is COC(C)(C)c1ccnc(-c2cc(C(C)(C)OCCOCCOCCO)ccn2)c1. The molecular formula is C23H34N2O5. The molecule has 0 fully saturated rings. The van der Waals surface area contributed by atoms with Crippen molar-refractivity contribution in [2.45, 2.75) is 38.9 Å². The van der Waals surface area contributed by atoms with Gasteiger partial charge in [-0.2, -0.15) is 0 Å². The third-order valence-electron chi connectivity index (χ3n) is 4.98. The second-order valence-corrected chi connectivity index (χ2v) is 7.88. The number of hydrogen-bond acceptors (Lipinski definition) is 7. The van der Waals surface area contributed by atoms with Gasteiger partial charge >= 0.3 is 0 Å². The number of aliphatic hydroxyl groups excluding tert-OH is 1. The predicted molar refractivity (Wildman–Crippen MR) is 115 cm³/mol. The summed E-state index contributed by atoms with van der Waals surface area (Å²) >= 11 is 0. The van der Waals surface area contributed by atoms with E-state index in [1.54, 1.807) is 19.5 Å². The minimum atomic E-state index is -0.502. The molecule has 0 amide bonds. The zero-order valence-electron chi connectivity index (χ0n) is 18.7. The van der Waals surface area contributed by atoms with Gasteiger partial charge in [-0.05, 0) is 63.1 Å². The monoisotopic (exact) mass is 418 g/mol. The summed E-state index contributed by atoms with van der Waals surface area (Å²) in [4.78, 5) is 8.99. The lowest BCUT2D eigenvalue weighted by atomic mass is 9.96. The van der Waals surface area contributed by atoms with Crippen LogP contribution in [0.15, 0.2) is 36.7 Å². The van der Waals surface area contributed by atoms with E-state index in [2.05, 4.69) is 9.97 Å². The molecule has 0 aliphatic heterocycles. The highest BCUT2D eigenvalue weighted by atomic mass is 16.6. The molecule has 0 spiro atoms. The van der Waals surface area contributed by atoms with Crippen molar-refractivity contribution in [2.75, 3.05) is 46.8 Å². The molecule has 0 saturated carbocycles. The fourth-order valence-electron chi connectivity index (χ4n) is 2.83. The summed E-state index contributed by atoms with van der Waals surface area (Å²) in [5.74, 6) is 0. The average molecular weight is 419 g/mol. The molecular weight excluding hydrogens is 384 g/mol. The zero-order chi connectivity index (χ0) is 22.0. The van der Waals surface area contributed by atoms with Gasteiger partial charge in [-0.15, -0.1) is 0 Å². The summed E-state index contributed by atoms with van der Waals surface area (Å²) in [5, 5.41) is 8.66. The quantitative estimate of drug-likeness (QED) is 0.500. The zero-order valence-corrected chi connectivity index (χ0v) is 18.7. The fourth-order valence-corrected chi connectivity index (χ4v) is 2.83. The van der Waals surface area contributed by atoms with Gasteiger partial charge in [-0.25, -0.2) is 0 Å². The van der Waals surface area contributed by atoms with Crippen molar-refractivity contribution in [3.8, 4) is 11.4 Å². The van der Waals surface area contributed by atoms with Gasteiger partial charge in [0.2, 0.25) is 0 Å². The topological polar surface area (TPSA) is 82.9 Å². The molecule has 7 heteroatoms. The number of aromatic nitrogens is 2. The third kappa shape index (κ3) is 7.11. The van der Waals surface area contributed by atoms with Gasteiger partial charge in [0.25, 0.3) is 0 Å². The summed E-state index contributed by atoms with van der Waals surface area (Å²) < 4.78 is 22.3. The van der Waals surface area contributed by atoms with Crippen LogP contribution in [0.2, 0.25) is 0 Å². The van der Waals surface area contributed by atoms with E-state index in [-0.39, 0.29) is 6.61 Å².